The van der Waals surface area contributed by atoms with E-state index in [0.29, 0.717) is 24.1 Å². The van der Waals surface area contributed by atoms with Crippen molar-refractivity contribution in [2.75, 3.05) is 13.1 Å². The lowest BCUT2D eigenvalue weighted by Crippen LogP contribution is -2.41. The van der Waals surface area contributed by atoms with Gasteiger partial charge in [0.25, 0.3) is 0 Å². The monoisotopic (exact) mass is 381 g/mol. The smallest absolute Gasteiger partial charge is 0.227 e. The van der Waals surface area contributed by atoms with Crippen LogP contribution in [0.2, 0.25) is 0 Å². The number of carbonyl (C=O) groups is 1. The number of hydrogen-bond donors (Lipinski definition) is 0. The molecule has 3 aromatic rings. The summed E-state index contributed by atoms with van der Waals surface area (Å²) in [5.74, 6) is 1.88. The van der Waals surface area contributed by atoms with E-state index in [1.54, 1.807) is 11.3 Å². The summed E-state index contributed by atoms with van der Waals surface area (Å²) in [5.41, 5.74) is 3.24. The average Bonchev–Trinajstić information content (AvgIpc) is 3.34. The molecule has 1 atom stereocenters. The number of hydrogen-bond acceptors (Lipinski definition) is 5. The number of benzene rings is 1. The lowest BCUT2D eigenvalue weighted by atomic mass is 9.94. The van der Waals surface area contributed by atoms with Crippen LogP contribution in [-0.2, 0) is 17.6 Å². The highest BCUT2D eigenvalue weighted by molar-refractivity contribution is 7.08. The standard InChI is InChI=1S/C21H23N3O2S/c1-15-5-2-3-7-18(15)21-22-19(26-23-21)11-16-6-4-9-24(13-16)20(25)12-17-8-10-27-14-17/h2-3,5,7-8,10,14,16H,4,6,9,11-13H2,1H3/t16-/m1/s1. The lowest BCUT2D eigenvalue weighted by Gasteiger charge is -2.32. The molecular formula is C21H23N3O2S. The molecule has 0 bridgehead atoms. The van der Waals surface area contributed by atoms with Gasteiger partial charge >= 0.3 is 0 Å². The number of rotatable bonds is 5. The molecule has 0 aliphatic carbocycles. The molecule has 2 aromatic heterocycles. The Bertz CT molecular complexity index is 904. The number of nitrogens with zero attached hydrogens (tertiary/aromatic N) is 3. The third-order valence-electron chi connectivity index (χ3n) is 5.12. The van der Waals surface area contributed by atoms with Gasteiger partial charge in [0.1, 0.15) is 0 Å². The van der Waals surface area contributed by atoms with Gasteiger partial charge in [0, 0.05) is 25.1 Å². The van der Waals surface area contributed by atoms with Crippen LogP contribution in [0.5, 0.6) is 0 Å². The maximum atomic E-state index is 12.6. The fraction of sp³-hybridized carbons (Fsp3) is 0.381. The lowest BCUT2D eigenvalue weighted by molar-refractivity contribution is -0.132. The third kappa shape index (κ3) is 4.27. The quantitative estimate of drug-likeness (QED) is 0.667. The number of amides is 1. The first-order valence-electron chi connectivity index (χ1n) is 9.36. The van der Waals surface area contributed by atoms with Crippen molar-refractivity contribution < 1.29 is 9.32 Å². The van der Waals surface area contributed by atoms with Gasteiger partial charge in [-0.3, -0.25) is 4.79 Å². The summed E-state index contributed by atoms with van der Waals surface area (Å²) in [4.78, 5) is 19.1. The Balaban J connectivity index is 1.38. The van der Waals surface area contributed by atoms with Gasteiger partial charge in [-0.25, -0.2) is 0 Å². The largest absolute Gasteiger partial charge is 0.342 e. The number of aryl methyl sites for hydroxylation is 1. The summed E-state index contributed by atoms with van der Waals surface area (Å²) in [7, 11) is 0. The Morgan fingerprint density at radius 1 is 1.33 bits per heavy atom. The van der Waals surface area contributed by atoms with E-state index in [1.807, 2.05) is 52.9 Å². The van der Waals surface area contributed by atoms with Crippen molar-refractivity contribution >= 4 is 17.2 Å². The van der Waals surface area contributed by atoms with E-state index >= 15 is 0 Å². The highest BCUT2D eigenvalue weighted by atomic mass is 32.1. The van der Waals surface area contributed by atoms with Crippen molar-refractivity contribution in [2.24, 2.45) is 5.92 Å². The van der Waals surface area contributed by atoms with Gasteiger partial charge in [0.2, 0.25) is 17.6 Å². The van der Waals surface area contributed by atoms with Gasteiger partial charge in [-0.05, 0) is 53.6 Å². The van der Waals surface area contributed by atoms with Crippen LogP contribution in [0.4, 0.5) is 0 Å². The molecule has 6 heteroatoms. The molecule has 1 aromatic carbocycles. The van der Waals surface area contributed by atoms with E-state index in [4.69, 9.17) is 4.52 Å². The molecule has 5 nitrogen and oxygen atoms in total. The van der Waals surface area contributed by atoms with E-state index in [-0.39, 0.29) is 5.91 Å². The minimum absolute atomic E-state index is 0.212. The predicted octanol–water partition coefficient (Wildman–Crippen LogP) is 4.13. The summed E-state index contributed by atoms with van der Waals surface area (Å²) in [5, 5.41) is 8.21. The summed E-state index contributed by atoms with van der Waals surface area (Å²) in [6, 6.07) is 10.1. The van der Waals surface area contributed by atoms with Crippen molar-refractivity contribution in [2.45, 2.75) is 32.6 Å². The van der Waals surface area contributed by atoms with Crippen molar-refractivity contribution in [3.05, 3.63) is 58.1 Å². The minimum Gasteiger partial charge on any atom is -0.342 e. The molecule has 1 fully saturated rings. The minimum atomic E-state index is 0.212. The molecule has 0 unspecified atom stereocenters. The molecule has 1 aliphatic heterocycles. The Kier molecular flexibility index (Phi) is 5.34. The van der Waals surface area contributed by atoms with Crippen molar-refractivity contribution in [1.82, 2.24) is 15.0 Å². The van der Waals surface area contributed by atoms with E-state index < -0.39 is 0 Å². The Morgan fingerprint density at radius 2 is 2.22 bits per heavy atom. The van der Waals surface area contributed by atoms with Gasteiger partial charge in [0.05, 0.1) is 6.42 Å². The summed E-state index contributed by atoms with van der Waals surface area (Å²) < 4.78 is 5.49. The van der Waals surface area contributed by atoms with Crippen LogP contribution in [0.15, 0.2) is 45.6 Å². The molecular weight excluding hydrogens is 358 g/mol. The first kappa shape index (κ1) is 17.9. The molecule has 4 rings (SSSR count). The van der Waals surface area contributed by atoms with E-state index in [1.165, 1.54) is 0 Å². The molecule has 0 spiro atoms. The van der Waals surface area contributed by atoms with Gasteiger partial charge in [-0.15, -0.1) is 0 Å². The molecule has 1 amide bonds. The summed E-state index contributed by atoms with van der Waals surface area (Å²) in [6.07, 6.45) is 3.33. The highest BCUT2D eigenvalue weighted by Gasteiger charge is 2.25. The van der Waals surface area contributed by atoms with Crippen LogP contribution < -0.4 is 0 Å². The van der Waals surface area contributed by atoms with E-state index in [2.05, 4.69) is 10.1 Å². The SMILES string of the molecule is Cc1ccccc1-c1noc(C[C@H]2CCCN(C(=O)Cc3ccsc3)C2)n1. The molecule has 27 heavy (non-hydrogen) atoms. The molecule has 3 heterocycles. The number of likely N-dealkylation sites (tertiary alicyclic amines) is 1. The topological polar surface area (TPSA) is 59.2 Å². The molecule has 0 saturated carbocycles. The van der Waals surface area contributed by atoms with E-state index in [0.717, 1.165) is 49.0 Å². The number of aromatic nitrogens is 2. The van der Waals surface area contributed by atoms with Crippen molar-refractivity contribution in [3.8, 4) is 11.4 Å². The number of piperidine rings is 1. The zero-order valence-electron chi connectivity index (χ0n) is 15.4. The normalized spacial score (nSPS) is 17.2. The van der Waals surface area contributed by atoms with Crippen LogP contribution in [0.1, 0.15) is 29.9 Å². The zero-order chi connectivity index (χ0) is 18.6. The van der Waals surface area contributed by atoms with Crippen LogP contribution >= 0.6 is 11.3 Å². The molecule has 0 radical (unpaired) electrons. The highest BCUT2D eigenvalue weighted by Crippen LogP contribution is 2.24. The van der Waals surface area contributed by atoms with Crippen molar-refractivity contribution in [1.29, 1.82) is 0 Å². The maximum Gasteiger partial charge on any atom is 0.227 e. The van der Waals surface area contributed by atoms with Crippen LogP contribution in [0.3, 0.4) is 0 Å². The van der Waals surface area contributed by atoms with Gasteiger partial charge in [0.15, 0.2) is 0 Å². The first-order chi connectivity index (χ1) is 13.2. The van der Waals surface area contributed by atoms with Gasteiger partial charge in [-0.2, -0.15) is 16.3 Å². The molecule has 1 aliphatic rings. The fourth-order valence-corrected chi connectivity index (χ4v) is 4.32. The predicted molar refractivity (Wildman–Crippen MR) is 106 cm³/mol. The third-order valence-corrected chi connectivity index (χ3v) is 5.86. The van der Waals surface area contributed by atoms with E-state index in [9.17, 15) is 4.79 Å². The zero-order valence-corrected chi connectivity index (χ0v) is 16.2. The summed E-state index contributed by atoms with van der Waals surface area (Å²) >= 11 is 1.63. The Morgan fingerprint density at radius 3 is 3.04 bits per heavy atom. The van der Waals surface area contributed by atoms with Gasteiger partial charge in [-0.1, -0.05) is 29.4 Å². The molecule has 0 N–H and O–H groups in total. The van der Waals surface area contributed by atoms with Crippen LogP contribution in [0, 0.1) is 12.8 Å². The average molecular weight is 382 g/mol. The number of carbonyl (C=O) groups excluding carboxylic acids is 1. The number of thiophene rings is 1. The maximum absolute atomic E-state index is 12.6. The second kappa shape index (κ2) is 8.05. The second-order valence-electron chi connectivity index (χ2n) is 7.19. The second-order valence-corrected chi connectivity index (χ2v) is 7.97. The molecule has 140 valence electrons. The van der Waals surface area contributed by atoms with Crippen LogP contribution in [0.25, 0.3) is 11.4 Å². The fourth-order valence-electron chi connectivity index (χ4n) is 3.66. The van der Waals surface area contributed by atoms with Crippen molar-refractivity contribution in [3.63, 3.8) is 0 Å². The Labute approximate surface area is 163 Å². The van der Waals surface area contributed by atoms with Crippen LogP contribution in [-0.4, -0.2) is 34.0 Å². The Hall–Kier alpha value is -2.47. The molecule has 1 saturated heterocycles. The summed E-state index contributed by atoms with van der Waals surface area (Å²) in [6.45, 7) is 3.66. The van der Waals surface area contributed by atoms with Gasteiger partial charge < -0.3 is 9.42 Å². The first-order valence-corrected chi connectivity index (χ1v) is 10.3.